The van der Waals surface area contributed by atoms with Gasteiger partial charge in [-0.25, -0.2) is 0 Å². The second kappa shape index (κ2) is 6.56. The maximum atomic E-state index is 13.0. The van der Waals surface area contributed by atoms with Gasteiger partial charge in [0.15, 0.2) is 11.5 Å². The number of hydrogen-bond donors (Lipinski definition) is 2. The average Bonchev–Trinajstić information content (AvgIpc) is 3.14. The summed E-state index contributed by atoms with van der Waals surface area (Å²) in [6.07, 6.45) is 5.60. The van der Waals surface area contributed by atoms with Crippen molar-refractivity contribution in [3.05, 3.63) is 75.4 Å². The van der Waals surface area contributed by atoms with Crippen LogP contribution in [0.3, 0.4) is 0 Å². The number of nitrogens with zero attached hydrogens (tertiary/aromatic N) is 2. The highest BCUT2D eigenvalue weighted by Gasteiger charge is 2.64. The molecule has 2 N–H and O–H groups in total. The summed E-state index contributed by atoms with van der Waals surface area (Å²) in [6, 6.07) is 9.33. The van der Waals surface area contributed by atoms with Crippen LogP contribution < -0.4 is 10.1 Å². The van der Waals surface area contributed by atoms with Gasteiger partial charge in [-0.2, -0.15) is 0 Å². The normalized spacial score (nSPS) is 31.5. The number of benzene rings is 2. The van der Waals surface area contributed by atoms with Gasteiger partial charge < -0.3 is 20.1 Å². The summed E-state index contributed by atoms with van der Waals surface area (Å²) in [5.74, 6) is 0.515. The Morgan fingerprint density at radius 3 is 2.97 bits per heavy atom. The van der Waals surface area contributed by atoms with Crippen molar-refractivity contribution >= 4 is 11.6 Å². The van der Waals surface area contributed by atoms with Crippen molar-refractivity contribution in [2.24, 2.45) is 5.92 Å². The SMILES string of the molecule is CN1CC[C@]23c4c5ccc(O)c4O[C@H]2[C@H](NC(=O)c2cccc([N+](=O)[O-])c2)C=CC3[C@H]1C5. The number of nitro benzene ring substituents is 1. The zero-order valence-corrected chi connectivity index (χ0v) is 17.5. The fourth-order valence-corrected chi connectivity index (χ4v) is 6.38. The molecule has 32 heavy (non-hydrogen) atoms. The van der Waals surface area contributed by atoms with E-state index in [0.717, 1.165) is 24.9 Å². The number of carbonyl (C=O) groups excluding carboxylic acids is 1. The van der Waals surface area contributed by atoms with Crippen molar-refractivity contribution in [3.63, 3.8) is 0 Å². The van der Waals surface area contributed by atoms with E-state index in [1.165, 1.54) is 23.8 Å². The molecule has 164 valence electrons. The highest BCUT2D eigenvalue weighted by atomic mass is 16.6. The number of ether oxygens (including phenoxy) is 1. The number of carbonyl (C=O) groups is 1. The van der Waals surface area contributed by atoms with Gasteiger partial charge in [-0.3, -0.25) is 14.9 Å². The van der Waals surface area contributed by atoms with E-state index < -0.39 is 11.0 Å². The van der Waals surface area contributed by atoms with Crippen LogP contribution in [0.2, 0.25) is 0 Å². The zero-order valence-electron chi connectivity index (χ0n) is 17.5. The predicted octanol–water partition coefficient (Wildman–Crippen LogP) is 2.54. The van der Waals surface area contributed by atoms with Gasteiger partial charge in [0.25, 0.3) is 11.6 Å². The van der Waals surface area contributed by atoms with E-state index in [1.54, 1.807) is 12.1 Å². The molecule has 5 atom stereocenters. The molecule has 1 fully saturated rings. The van der Waals surface area contributed by atoms with E-state index in [4.69, 9.17) is 4.74 Å². The molecular weight excluding hydrogens is 410 g/mol. The molecule has 2 aliphatic heterocycles. The molecule has 0 saturated carbocycles. The Kier molecular flexibility index (Phi) is 3.96. The minimum Gasteiger partial charge on any atom is -0.504 e. The van der Waals surface area contributed by atoms with Gasteiger partial charge in [-0.05, 0) is 44.1 Å². The third-order valence-electron chi connectivity index (χ3n) is 7.79. The summed E-state index contributed by atoms with van der Waals surface area (Å²) in [4.78, 5) is 26.0. The summed E-state index contributed by atoms with van der Waals surface area (Å²) in [5.41, 5.74) is 2.09. The fraction of sp³-hybridized carbons (Fsp3) is 0.375. The van der Waals surface area contributed by atoms with Crippen molar-refractivity contribution in [2.45, 2.75) is 36.4 Å². The van der Waals surface area contributed by atoms with E-state index in [2.05, 4.69) is 23.3 Å². The minimum absolute atomic E-state index is 0.125. The molecule has 8 heteroatoms. The number of likely N-dealkylation sites (tertiary alicyclic amines) is 1. The van der Waals surface area contributed by atoms with E-state index in [1.807, 2.05) is 12.1 Å². The van der Waals surface area contributed by atoms with Crippen LogP contribution in [-0.2, 0) is 11.8 Å². The molecule has 2 heterocycles. The first kappa shape index (κ1) is 19.3. The topological polar surface area (TPSA) is 105 Å². The van der Waals surface area contributed by atoms with Gasteiger partial charge in [0.1, 0.15) is 6.10 Å². The first-order valence-electron chi connectivity index (χ1n) is 10.9. The second-order valence-electron chi connectivity index (χ2n) is 9.25. The van der Waals surface area contributed by atoms with Crippen LogP contribution in [0.1, 0.15) is 27.9 Å². The number of nitro groups is 1. The number of nitrogens with one attached hydrogen (secondary N) is 1. The molecule has 0 aromatic heterocycles. The van der Waals surface area contributed by atoms with E-state index in [0.29, 0.717) is 11.8 Å². The molecule has 1 spiro atoms. The van der Waals surface area contributed by atoms with Gasteiger partial charge >= 0.3 is 0 Å². The molecule has 2 bridgehead atoms. The molecule has 2 aromatic rings. The third-order valence-corrected chi connectivity index (χ3v) is 7.79. The van der Waals surface area contributed by atoms with Crippen LogP contribution in [0.4, 0.5) is 5.69 Å². The quantitative estimate of drug-likeness (QED) is 0.438. The Hall–Kier alpha value is -3.39. The van der Waals surface area contributed by atoms with Gasteiger partial charge in [0.2, 0.25) is 0 Å². The molecular formula is C24H23N3O5. The molecule has 0 radical (unpaired) electrons. The minimum atomic E-state index is -0.511. The maximum Gasteiger partial charge on any atom is 0.270 e. The molecule has 1 unspecified atom stereocenters. The molecule has 2 aliphatic carbocycles. The number of non-ortho nitro benzene ring substituents is 1. The highest BCUT2D eigenvalue weighted by Crippen LogP contribution is 2.62. The Bertz CT molecular complexity index is 1190. The van der Waals surface area contributed by atoms with Crippen LogP contribution in [-0.4, -0.2) is 52.6 Å². The van der Waals surface area contributed by atoms with Crippen LogP contribution >= 0.6 is 0 Å². The highest BCUT2D eigenvalue weighted by molar-refractivity contribution is 5.95. The number of likely N-dealkylation sites (N-methyl/N-ethyl adjacent to an activating group) is 1. The fourth-order valence-electron chi connectivity index (χ4n) is 6.38. The van der Waals surface area contributed by atoms with Gasteiger partial charge in [0.05, 0.1) is 11.0 Å². The lowest BCUT2D eigenvalue weighted by Gasteiger charge is -2.57. The largest absolute Gasteiger partial charge is 0.504 e. The van der Waals surface area contributed by atoms with Gasteiger partial charge in [-0.1, -0.05) is 24.3 Å². The van der Waals surface area contributed by atoms with Crippen molar-refractivity contribution in [3.8, 4) is 11.5 Å². The Balaban J connectivity index is 1.40. The van der Waals surface area contributed by atoms with E-state index >= 15 is 0 Å². The first-order chi connectivity index (χ1) is 15.4. The van der Waals surface area contributed by atoms with Gasteiger partial charge in [-0.15, -0.1) is 0 Å². The number of rotatable bonds is 3. The number of aromatic hydroxyl groups is 1. The van der Waals surface area contributed by atoms with Crippen LogP contribution in [0.5, 0.6) is 11.5 Å². The van der Waals surface area contributed by atoms with E-state index in [9.17, 15) is 20.0 Å². The number of piperidine rings is 1. The lowest BCUT2D eigenvalue weighted by Crippen LogP contribution is -2.66. The molecule has 6 rings (SSSR count). The van der Waals surface area contributed by atoms with Crippen LogP contribution in [0.15, 0.2) is 48.6 Å². The number of amides is 1. The molecule has 1 amide bonds. The van der Waals surface area contributed by atoms with E-state index in [-0.39, 0.29) is 40.3 Å². The molecule has 1 saturated heterocycles. The first-order valence-corrected chi connectivity index (χ1v) is 10.9. The Labute approximate surface area is 184 Å². The lowest BCUT2D eigenvalue weighted by molar-refractivity contribution is -0.384. The second-order valence-corrected chi connectivity index (χ2v) is 9.25. The number of phenols is 1. The maximum absolute atomic E-state index is 13.0. The predicted molar refractivity (Wildman–Crippen MR) is 116 cm³/mol. The summed E-state index contributed by atoms with van der Waals surface area (Å²) < 4.78 is 6.41. The number of phenolic OH excluding ortho intramolecular Hbond substituents is 1. The zero-order chi connectivity index (χ0) is 22.2. The molecule has 8 nitrogen and oxygen atoms in total. The monoisotopic (exact) mass is 433 g/mol. The lowest BCUT2D eigenvalue weighted by atomic mass is 9.53. The number of hydrogen-bond acceptors (Lipinski definition) is 6. The summed E-state index contributed by atoms with van der Waals surface area (Å²) >= 11 is 0. The molecule has 4 aliphatic rings. The Morgan fingerprint density at radius 2 is 2.16 bits per heavy atom. The summed E-state index contributed by atoms with van der Waals surface area (Å²) in [6.45, 7) is 0.912. The van der Waals surface area contributed by atoms with Crippen LogP contribution in [0.25, 0.3) is 0 Å². The average molecular weight is 433 g/mol. The van der Waals surface area contributed by atoms with Gasteiger partial charge in [0, 0.05) is 40.6 Å². The van der Waals surface area contributed by atoms with Crippen molar-refractivity contribution in [1.82, 2.24) is 10.2 Å². The van der Waals surface area contributed by atoms with Crippen molar-refractivity contribution in [1.29, 1.82) is 0 Å². The third kappa shape index (κ3) is 2.44. The van der Waals surface area contributed by atoms with Crippen molar-refractivity contribution in [2.75, 3.05) is 13.6 Å². The summed E-state index contributed by atoms with van der Waals surface area (Å²) in [5, 5.41) is 24.7. The van der Waals surface area contributed by atoms with Crippen LogP contribution in [0, 0.1) is 16.0 Å². The van der Waals surface area contributed by atoms with Crippen molar-refractivity contribution < 1.29 is 19.6 Å². The summed E-state index contributed by atoms with van der Waals surface area (Å²) in [7, 11) is 2.15. The standard InChI is InChI=1S/C24H23N3O5/c1-26-10-9-24-16-6-7-17(25-23(29)14-3-2-4-15(11-14)27(30)31)22(24)32-21-19(28)8-5-13(20(21)24)12-18(16)26/h2-8,11,16-18,22,28H,9-10,12H2,1H3,(H,25,29)/t16?,17-,18-,22+,24+/m1/s1. The smallest absolute Gasteiger partial charge is 0.270 e. The Morgan fingerprint density at radius 1 is 1.31 bits per heavy atom. The molecule has 2 aromatic carbocycles.